The van der Waals surface area contributed by atoms with Crippen LogP contribution in [0.2, 0.25) is 0 Å². The van der Waals surface area contributed by atoms with Crippen LogP contribution in [0.15, 0.2) is 58.5 Å². The summed E-state index contributed by atoms with van der Waals surface area (Å²) in [5, 5.41) is 12.7. The van der Waals surface area contributed by atoms with Gasteiger partial charge in [0.2, 0.25) is 0 Å². The highest BCUT2D eigenvalue weighted by atomic mass is 32.2. The number of aromatic amines is 1. The van der Waals surface area contributed by atoms with Crippen LogP contribution in [0.4, 0.5) is 11.4 Å². The normalized spacial score (nSPS) is 10.8. The molecule has 0 unspecified atom stereocenters. The Bertz CT molecular complexity index is 765. The summed E-state index contributed by atoms with van der Waals surface area (Å²) in [4.78, 5) is 14.3. The number of nitro benzene ring substituents is 1. The van der Waals surface area contributed by atoms with Gasteiger partial charge in [0.1, 0.15) is 0 Å². The number of H-pyrrole nitrogens is 1. The van der Waals surface area contributed by atoms with Crippen molar-refractivity contribution in [1.29, 1.82) is 0 Å². The van der Waals surface area contributed by atoms with Crippen LogP contribution in [-0.4, -0.2) is 9.91 Å². The van der Waals surface area contributed by atoms with Crippen LogP contribution in [0, 0.1) is 10.1 Å². The smallest absolute Gasteiger partial charge is 0.271 e. The molecule has 0 radical (unpaired) electrons. The number of nitrogens with zero attached hydrogens (tertiary/aromatic N) is 1. The van der Waals surface area contributed by atoms with E-state index < -0.39 is 4.92 Å². The monoisotopic (exact) mass is 285 g/mol. The van der Waals surface area contributed by atoms with E-state index in [4.69, 9.17) is 5.73 Å². The number of non-ortho nitro benzene ring substituents is 1. The van der Waals surface area contributed by atoms with Crippen molar-refractivity contribution >= 4 is 34.0 Å². The maximum absolute atomic E-state index is 10.7. The highest BCUT2D eigenvalue weighted by Crippen LogP contribution is 2.34. The number of hydrogen-bond donors (Lipinski definition) is 2. The molecule has 0 atom stereocenters. The van der Waals surface area contributed by atoms with E-state index in [1.807, 2.05) is 30.3 Å². The number of rotatable bonds is 3. The molecule has 0 bridgehead atoms. The molecule has 5 nitrogen and oxygen atoms in total. The van der Waals surface area contributed by atoms with E-state index in [1.165, 1.54) is 23.9 Å². The molecule has 0 spiro atoms. The topological polar surface area (TPSA) is 84.9 Å². The molecule has 0 aliphatic carbocycles. The van der Waals surface area contributed by atoms with E-state index >= 15 is 0 Å². The maximum Gasteiger partial charge on any atom is 0.271 e. The first-order valence-corrected chi connectivity index (χ1v) is 6.74. The molecular weight excluding hydrogens is 274 g/mol. The molecule has 6 heteroatoms. The van der Waals surface area contributed by atoms with E-state index in [2.05, 4.69) is 4.98 Å². The average Bonchev–Trinajstić information content (AvgIpc) is 2.83. The number of nitro groups is 1. The molecule has 3 aromatic rings. The summed E-state index contributed by atoms with van der Waals surface area (Å²) in [6, 6.07) is 14.5. The zero-order chi connectivity index (χ0) is 14.1. The highest BCUT2D eigenvalue weighted by molar-refractivity contribution is 7.99. The second-order valence-electron chi connectivity index (χ2n) is 4.30. The van der Waals surface area contributed by atoms with Gasteiger partial charge in [0.25, 0.3) is 5.69 Å². The van der Waals surface area contributed by atoms with E-state index in [-0.39, 0.29) is 5.69 Å². The first-order chi connectivity index (χ1) is 9.63. The summed E-state index contributed by atoms with van der Waals surface area (Å²) in [7, 11) is 0. The van der Waals surface area contributed by atoms with Gasteiger partial charge in [-0.2, -0.15) is 0 Å². The van der Waals surface area contributed by atoms with Gasteiger partial charge in [-0.1, -0.05) is 30.0 Å². The molecule has 2 aromatic carbocycles. The molecule has 1 aromatic heterocycles. The van der Waals surface area contributed by atoms with Crippen molar-refractivity contribution in [2.45, 2.75) is 9.92 Å². The predicted molar refractivity (Wildman–Crippen MR) is 79.9 cm³/mol. The third kappa shape index (κ3) is 2.33. The minimum atomic E-state index is -0.451. The van der Waals surface area contributed by atoms with Crippen LogP contribution in [0.25, 0.3) is 10.9 Å². The molecule has 0 saturated heterocycles. The lowest BCUT2D eigenvalue weighted by atomic mass is 10.3. The second kappa shape index (κ2) is 4.90. The summed E-state index contributed by atoms with van der Waals surface area (Å²) in [6.45, 7) is 0. The number of nitrogens with one attached hydrogen (secondary N) is 1. The molecule has 0 aliphatic rings. The summed E-state index contributed by atoms with van der Waals surface area (Å²) < 4.78 is 0. The molecule has 0 amide bonds. The van der Waals surface area contributed by atoms with E-state index in [1.54, 1.807) is 6.07 Å². The lowest BCUT2D eigenvalue weighted by Gasteiger charge is -2.03. The van der Waals surface area contributed by atoms with Crippen LogP contribution >= 0.6 is 11.8 Å². The molecule has 0 saturated carbocycles. The third-order valence-electron chi connectivity index (χ3n) is 2.93. The van der Waals surface area contributed by atoms with Crippen LogP contribution in [0.5, 0.6) is 0 Å². The number of para-hydroxylation sites is 1. The van der Waals surface area contributed by atoms with Crippen molar-refractivity contribution in [3.63, 3.8) is 0 Å². The van der Waals surface area contributed by atoms with Gasteiger partial charge < -0.3 is 10.7 Å². The van der Waals surface area contributed by atoms with Gasteiger partial charge >= 0.3 is 0 Å². The van der Waals surface area contributed by atoms with Crippen molar-refractivity contribution < 1.29 is 4.92 Å². The van der Waals surface area contributed by atoms with Crippen LogP contribution in [-0.2, 0) is 0 Å². The Morgan fingerprint density at radius 2 is 1.95 bits per heavy atom. The Morgan fingerprint density at radius 3 is 2.65 bits per heavy atom. The number of nitrogen functional groups attached to an aromatic ring is 1. The van der Waals surface area contributed by atoms with Crippen molar-refractivity contribution in [2.24, 2.45) is 0 Å². The summed E-state index contributed by atoms with van der Waals surface area (Å²) >= 11 is 1.46. The average molecular weight is 285 g/mol. The number of hydrogen-bond acceptors (Lipinski definition) is 4. The lowest BCUT2D eigenvalue weighted by Crippen LogP contribution is -1.93. The van der Waals surface area contributed by atoms with E-state index in [0.717, 1.165) is 20.8 Å². The maximum atomic E-state index is 10.7. The summed E-state index contributed by atoms with van der Waals surface area (Å²) in [5.41, 5.74) is 7.32. The molecular formula is C14H11N3O2S. The van der Waals surface area contributed by atoms with Crippen molar-refractivity contribution in [1.82, 2.24) is 4.98 Å². The lowest BCUT2D eigenvalue weighted by molar-refractivity contribution is -0.384. The van der Waals surface area contributed by atoms with Crippen LogP contribution in [0.1, 0.15) is 0 Å². The highest BCUT2D eigenvalue weighted by Gasteiger charge is 2.10. The van der Waals surface area contributed by atoms with Crippen molar-refractivity contribution in [3.8, 4) is 0 Å². The summed E-state index contributed by atoms with van der Waals surface area (Å²) in [6.07, 6.45) is 0. The van der Waals surface area contributed by atoms with Gasteiger partial charge in [0.15, 0.2) is 0 Å². The fourth-order valence-electron chi connectivity index (χ4n) is 1.96. The molecule has 1 heterocycles. The third-order valence-corrected chi connectivity index (χ3v) is 3.96. The van der Waals surface area contributed by atoms with Crippen molar-refractivity contribution in [2.75, 3.05) is 5.73 Å². The number of nitrogens with two attached hydrogens (primary N) is 1. The SMILES string of the molecule is Nc1cc([N+](=O)[O-])ccc1Sc1cc2ccccc2[nH]1. The standard InChI is InChI=1S/C14H11N3O2S/c15-11-8-10(17(18)19)5-6-13(11)20-14-7-9-3-1-2-4-12(9)16-14/h1-8,16H,15H2. The zero-order valence-corrected chi connectivity index (χ0v) is 11.2. The van der Waals surface area contributed by atoms with E-state index in [0.29, 0.717) is 5.69 Å². The Kier molecular flexibility index (Phi) is 3.08. The predicted octanol–water partition coefficient (Wildman–Crippen LogP) is 3.81. The fraction of sp³-hybridized carbons (Fsp3) is 0. The van der Waals surface area contributed by atoms with Gasteiger partial charge in [-0.3, -0.25) is 10.1 Å². The summed E-state index contributed by atoms with van der Waals surface area (Å²) in [5.74, 6) is 0. The first kappa shape index (κ1) is 12.6. The largest absolute Gasteiger partial charge is 0.398 e. The van der Waals surface area contributed by atoms with Gasteiger partial charge in [0, 0.05) is 27.9 Å². The Morgan fingerprint density at radius 1 is 1.15 bits per heavy atom. The number of fused-ring (bicyclic) bond motifs is 1. The molecule has 3 rings (SSSR count). The van der Waals surface area contributed by atoms with Gasteiger partial charge in [-0.25, -0.2) is 0 Å². The molecule has 3 N–H and O–H groups in total. The molecule has 0 fully saturated rings. The van der Waals surface area contributed by atoms with Crippen molar-refractivity contribution in [3.05, 3.63) is 58.6 Å². The number of benzene rings is 2. The first-order valence-electron chi connectivity index (χ1n) is 5.93. The number of anilines is 1. The minimum Gasteiger partial charge on any atom is -0.398 e. The molecule has 100 valence electrons. The Labute approximate surface area is 118 Å². The number of aromatic nitrogens is 1. The van der Waals surface area contributed by atoms with Gasteiger partial charge in [0.05, 0.1) is 15.6 Å². The van der Waals surface area contributed by atoms with Crippen LogP contribution < -0.4 is 5.73 Å². The fourth-order valence-corrected chi connectivity index (χ4v) is 2.86. The molecule has 0 aliphatic heterocycles. The van der Waals surface area contributed by atoms with Crippen LogP contribution in [0.3, 0.4) is 0 Å². The second-order valence-corrected chi connectivity index (χ2v) is 5.39. The molecule has 20 heavy (non-hydrogen) atoms. The quantitative estimate of drug-likeness (QED) is 0.435. The Hall–Kier alpha value is -2.47. The van der Waals surface area contributed by atoms with E-state index in [9.17, 15) is 10.1 Å². The Balaban J connectivity index is 1.92. The van der Waals surface area contributed by atoms with Gasteiger partial charge in [-0.05, 0) is 18.2 Å². The minimum absolute atomic E-state index is 0.00324. The van der Waals surface area contributed by atoms with Gasteiger partial charge in [-0.15, -0.1) is 0 Å². The zero-order valence-electron chi connectivity index (χ0n) is 10.4.